The monoisotopic (exact) mass is 316 g/mol. The summed E-state index contributed by atoms with van der Waals surface area (Å²) in [6.07, 6.45) is 7.54. The molecule has 0 heterocycles. The molecule has 0 spiro atoms. The average Bonchev–Trinajstić information content (AvgIpc) is 2.05. The first kappa shape index (κ1) is 8.72. The van der Waals surface area contributed by atoms with Crippen molar-refractivity contribution in [1.29, 1.82) is 0 Å². The summed E-state index contributed by atoms with van der Waals surface area (Å²) < 4.78 is 0. The quantitative estimate of drug-likeness (QED) is 0.645. The molecule has 0 bridgehead atoms. The van der Waals surface area contributed by atoms with E-state index in [1.54, 1.807) is 0 Å². The van der Waals surface area contributed by atoms with Gasteiger partial charge < -0.3 is 0 Å². The molecule has 1 radical (unpaired) electrons. The van der Waals surface area contributed by atoms with Gasteiger partial charge in [0.1, 0.15) is 0 Å². The molecule has 2 rings (SSSR count). The minimum atomic E-state index is 0. The predicted molar refractivity (Wildman–Crippen MR) is 42.5 cm³/mol. The van der Waals surface area contributed by atoms with Crippen LogP contribution in [0.3, 0.4) is 0 Å². The van der Waals surface area contributed by atoms with Crippen LogP contribution in [0.1, 0.15) is 17.5 Å². The summed E-state index contributed by atoms with van der Waals surface area (Å²) in [7, 11) is 0. The van der Waals surface area contributed by atoms with Gasteiger partial charge in [0.15, 0.2) is 0 Å². The zero-order valence-corrected chi connectivity index (χ0v) is 8.89. The van der Waals surface area contributed by atoms with E-state index in [-0.39, 0.29) is 20.4 Å². The van der Waals surface area contributed by atoms with Crippen molar-refractivity contribution in [2.75, 3.05) is 0 Å². The van der Waals surface area contributed by atoms with E-state index in [1.165, 1.54) is 11.1 Å². The summed E-state index contributed by atoms with van der Waals surface area (Å²) in [5.74, 6) is 0. The van der Waals surface area contributed by atoms with Crippen LogP contribution in [0.4, 0.5) is 0 Å². The second kappa shape index (κ2) is 3.86. The molecule has 1 aromatic carbocycles. The zero-order valence-electron chi connectivity index (χ0n) is 6.18. The predicted octanol–water partition coefficient (Wildman–Crippen LogP) is 2.45. The van der Waals surface area contributed by atoms with Crippen LogP contribution < -0.4 is 0 Å². The smallest absolute Gasteiger partial charge is 0 e. The van der Waals surface area contributed by atoms with Crippen LogP contribution >= 0.6 is 0 Å². The minimum absolute atomic E-state index is 0. The third-order valence-electron chi connectivity index (χ3n) is 1.85. The van der Waals surface area contributed by atoms with Gasteiger partial charge in [0, 0.05) is 20.4 Å². The van der Waals surface area contributed by atoms with Crippen LogP contribution in [0.15, 0.2) is 24.3 Å². The summed E-state index contributed by atoms with van der Waals surface area (Å²) >= 11 is 0. The van der Waals surface area contributed by atoms with Crippen molar-refractivity contribution in [3.8, 4) is 0 Å². The molecule has 0 nitrogen and oxygen atoms in total. The van der Waals surface area contributed by atoms with Crippen LogP contribution in [0, 0.1) is 6.08 Å². The van der Waals surface area contributed by atoms with E-state index in [9.17, 15) is 0 Å². The molecule has 1 aliphatic carbocycles. The minimum Gasteiger partial charge on any atom is -0.274 e. The van der Waals surface area contributed by atoms with Gasteiger partial charge in [0.25, 0.3) is 0 Å². The molecule has 0 fully saturated rings. The second-order valence-corrected chi connectivity index (χ2v) is 2.55. The Labute approximate surface area is 81.0 Å². The van der Waals surface area contributed by atoms with Crippen molar-refractivity contribution in [2.45, 2.75) is 12.8 Å². The van der Waals surface area contributed by atoms with Crippen molar-refractivity contribution >= 4 is 6.08 Å². The SMILES string of the molecule is [C-]1=Cc2ccccc2CC1.[Re]. The maximum atomic E-state index is 3.22. The van der Waals surface area contributed by atoms with Crippen molar-refractivity contribution in [3.63, 3.8) is 0 Å². The summed E-state index contributed by atoms with van der Waals surface area (Å²) in [5.41, 5.74) is 2.80. The number of allylic oxidation sites excluding steroid dienone is 1. The largest absolute Gasteiger partial charge is 0.274 e. The third kappa shape index (κ3) is 1.80. The van der Waals surface area contributed by atoms with Crippen LogP contribution in [0.2, 0.25) is 0 Å². The first-order valence-electron chi connectivity index (χ1n) is 3.61. The summed E-state index contributed by atoms with van der Waals surface area (Å²) in [6, 6.07) is 8.49. The van der Waals surface area contributed by atoms with Crippen molar-refractivity contribution in [2.24, 2.45) is 0 Å². The Bertz CT molecular complexity index is 263. The summed E-state index contributed by atoms with van der Waals surface area (Å²) in [4.78, 5) is 0. The van der Waals surface area contributed by atoms with Crippen LogP contribution in [0.5, 0.6) is 0 Å². The van der Waals surface area contributed by atoms with Gasteiger partial charge in [-0.25, -0.2) is 6.08 Å². The molecule has 0 saturated heterocycles. The van der Waals surface area contributed by atoms with Gasteiger partial charge in [-0.15, -0.1) is 18.1 Å². The van der Waals surface area contributed by atoms with Gasteiger partial charge in [0.2, 0.25) is 0 Å². The Hall–Kier alpha value is -0.378. The fourth-order valence-corrected chi connectivity index (χ4v) is 1.29. The van der Waals surface area contributed by atoms with Crippen molar-refractivity contribution < 1.29 is 20.4 Å². The van der Waals surface area contributed by atoms with Gasteiger partial charge in [0.05, 0.1) is 0 Å². The molecule has 0 N–H and O–H groups in total. The van der Waals surface area contributed by atoms with Crippen LogP contribution in [-0.4, -0.2) is 0 Å². The standard InChI is InChI=1S/C10H9.Re/c1-2-6-10-8-4-3-7-9(10)5-1;/h1-2,5-6,8H,3,7H2;/q-1;. The Morgan fingerprint density at radius 3 is 2.82 bits per heavy atom. The molecular weight excluding hydrogens is 306 g/mol. The van der Waals surface area contributed by atoms with Gasteiger partial charge >= 0.3 is 0 Å². The Kier molecular flexibility index (Phi) is 3.05. The molecule has 0 aromatic heterocycles. The maximum Gasteiger partial charge on any atom is 0 e. The third-order valence-corrected chi connectivity index (χ3v) is 1.85. The first-order chi connectivity index (χ1) is 4.97. The molecule has 0 atom stereocenters. The van der Waals surface area contributed by atoms with Crippen LogP contribution in [0.25, 0.3) is 6.08 Å². The summed E-state index contributed by atoms with van der Waals surface area (Å²) in [6.45, 7) is 0. The molecular formula is C10H9Re-. The maximum absolute atomic E-state index is 3.22. The number of aryl methyl sites for hydroxylation is 1. The molecule has 1 aliphatic rings. The number of fused-ring (bicyclic) bond motifs is 1. The fraction of sp³-hybridized carbons (Fsp3) is 0.200. The molecule has 57 valence electrons. The molecule has 0 aliphatic heterocycles. The van der Waals surface area contributed by atoms with Gasteiger partial charge in [-0.1, -0.05) is 24.6 Å². The number of benzene rings is 1. The number of rotatable bonds is 0. The number of hydrogen-bond donors (Lipinski definition) is 0. The van der Waals surface area contributed by atoms with E-state index >= 15 is 0 Å². The van der Waals surface area contributed by atoms with E-state index in [0.717, 1.165) is 12.8 Å². The summed E-state index contributed by atoms with van der Waals surface area (Å²) in [5, 5.41) is 0. The van der Waals surface area contributed by atoms with E-state index in [1.807, 2.05) is 0 Å². The molecule has 1 heteroatoms. The van der Waals surface area contributed by atoms with Crippen molar-refractivity contribution in [1.82, 2.24) is 0 Å². The Balaban J connectivity index is 0.000000605. The molecule has 0 unspecified atom stereocenters. The van der Waals surface area contributed by atoms with Crippen molar-refractivity contribution in [3.05, 3.63) is 41.5 Å². The number of hydrogen-bond acceptors (Lipinski definition) is 0. The molecule has 11 heavy (non-hydrogen) atoms. The fourth-order valence-electron chi connectivity index (χ4n) is 1.29. The average molecular weight is 315 g/mol. The molecule has 0 amide bonds. The molecule has 0 saturated carbocycles. The van der Waals surface area contributed by atoms with E-state index in [4.69, 9.17) is 0 Å². The Morgan fingerprint density at radius 2 is 2.00 bits per heavy atom. The second-order valence-electron chi connectivity index (χ2n) is 2.55. The molecule has 1 aromatic rings. The van der Waals surface area contributed by atoms with E-state index in [0.29, 0.717) is 0 Å². The first-order valence-corrected chi connectivity index (χ1v) is 3.61. The Morgan fingerprint density at radius 1 is 1.18 bits per heavy atom. The van der Waals surface area contributed by atoms with Gasteiger partial charge in [-0.2, -0.15) is 5.56 Å². The zero-order chi connectivity index (χ0) is 6.81. The topological polar surface area (TPSA) is 0 Å². The van der Waals surface area contributed by atoms with Crippen LogP contribution in [-0.2, 0) is 26.8 Å². The van der Waals surface area contributed by atoms with E-state index < -0.39 is 0 Å². The van der Waals surface area contributed by atoms with E-state index in [2.05, 4.69) is 36.4 Å². The van der Waals surface area contributed by atoms with Gasteiger partial charge in [-0.3, -0.25) is 6.08 Å². The van der Waals surface area contributed by atoms with Gasteiger partial charge in [-0.05, 0) is 0 Å². The normalized spacial score (nSPS) is 13.5.